The molecule has 3 aliphatic rings. The fourth-order valence-electron chi connectivity index (χ4n) is 3.44. The molecule has 3 aliphatic carbocycles. The van der Waals surface area contributed by atoms with Crippen LogP contribution in [0.25, 0.3) is 0 Å². The molecule has 0 fully saturated rings. The standard InChI is InChI=1S/C21H16Br2/c22-20-18(15-9-3-4-10-15)13-17(14-7-1-2-8-14)19(21(20)23)16-11-5-6-12-16/h1-16H. The fourth-order valence-corrected chi connectivity index (χ4v) is 4.75. The van der Waals surface area contributed by atoms with Crippen LogP contribution < -0.4 is 0 Å². The van der Waals surface area contributed by atoms with Crippen molar-refractivity contribution in [1.29, 1.82) is 0 Å². The minimum absolute atomic E-state index is 0.335. The van der Waals surface area contributed by atoms with Crippen LogP contribution in [0, 0.1) is 0 Å². The summed E-state index contributed by atoms with van der Waals surface area (Å²) in [6.45, 7) is 0. The number of benzene rings is 1. The van der Waals surface area contributed by atoms with E-state index in [1.54, 1.807) is 0 Å². The van der Waals surface area contributed by atoms with E-state index >= 15 is 0 Å². The highest BCUT2D eigenvalue weighted by Crippen LogP contribution is 2.45. The number of rotatable bonds is 3. The number of halogens is 2. The molecule has 0 saturated carbocycles. The highest BCUT2D eigenvalue weighted by molar-refractivity contribution is 9.13. The van der Waals surface area contributed by atoms with Gasteiger partial charge in [0, 0.05) is 26.7 Å². The summed E-state index contributed by atoms with van der Waals surface area (Å²) in [6.07, 6.45) is 26.3. The average molecular weight is 428 g/mol. The Hall–Kier alpha value is -1.38. The van der Waals surface area contributed by atoms with Crippen LogP contribution in [0.3, 0.4) is 0 Å². The van der Waals surface area contributed by atoms with Crippen molar-refractivity contribution in [2.24, 2.45) is 0 Å². The maximum Gasteiger partial charge on any atom is 0.0364 e. The molecule has 1 aromatic carbocycles. The van der Waals surface area contributed by atoms with Gasteiger partial charge in [0.1, 0.15) is 0 Å². The second-order valence-electron chi connectivity index (χ2n) is 5.98. The van der Waals surface area contributed by atoms with Crippen molar-refractivity contribution in [1.82, 2.24) is 0 Å². The quantitative estimate of drug-likeness (QED) is 0.495. The first-order chi connectivity index (χ1) is 11.3. The normalized spacial score (nSPS) is 19.9. The predicted molar refractivity (Wildman–Crippen MR) is 105 cm³/mol. The Bertz CT molecular complexity index is 783. The van der Waals surface area contributed by atoms with Crippen molar-refractivity contribution in [3.63, 3.8) is 0 Å². The molecule has 4 rings (SSSR count). The van der Waals surface area contributed by atoms with Crippen LogP contribution in [0.4, 0.5) is 0 Å². The summed E-state index contributed by atoms with van der Waals surface area (Å²) in [7, 11) is 0. The summed E-state index contributed by atoms with van der Waals surface area (Å²) in [5.74, 6) is 1.03. The van der Waals surface area contributed by atoms with Gasteiger partial charge in [-0.1, -0.05) is 79.0 Å². The first-order valence-corrected chi connectivity index (χ1v) is 9.41. The van der Waals surface area contributed by atoms with Gasteiger partial charge in [-0.3, -0.25) is 0 Å². The lowest BCUT2D eigenvalue weighted by atomic mass is 9.85. The Morgan fingerprint density at radius 3 is 1.48 bits per heavy atom. The van der Waals surface area contributed by atoms with Gasteiger partial charge in [-0.2, -0.15) is 0 Å². The van der Waals surface area contributed by atoms with Crippen molar-refractivity contribution in [2.75, 3.05) is 0 Å². The highest BCUT2D eigenvalue weighted by Gasteiger charge is 2.25. The van der Waals surface area contributed by atoms with Gasteiger partial charge in [0.05, 0.1) is 0 Å². The third-order valence-electron chi connectivity index (χ3n) is 4.60. The van der Waals surface area contributed by atoms with Crippen LogP contribution in [0.5, 0.6) is 0 Å². The highest BCUT2D eigenvalue weighted by atomic mass is 79.9. The Labute approximate surface area is 153 Å². The molecule has 0 atom stereocenters. The molecule has 114 valence electrons. The number of hydrogen-bond donors (Lipinski definition) is 0. The van der Waals surface area contributed by atoms with Crippen molar-refractivity contribution in [3.05, 3.63) is 105 Å². The molecule has 0 heterocycles. The molecule has 0 saturated heterocycles. The van der Waals surface area contributed by atoms with Gasteiger partial charge in [-0.05, 0) is 48.6 Å². The maximum absolute atomic E-state index is 3.88. The van der Waals surface area contributed by atoms with Gasteiger partial charge in [-0.15, -0.1) is 0 Å². The Morgan fingerprint density at radius 1 is 0.522 bits per heavy atom. The van der Waals surface area contributed by atoms with Gasteiger partial charge in [0.25, 0.3) is 0 Å². The van der Waals surface area contributed by atoms with Gasteiger partial charge >= 0.3 is 0 Å². The van der Waals surface area contributed by atoms with Crippen LogP contribution in [0.2, 0.25) is 0 Å². The summed E-state index contributed by atoms with van der Waals surface area (Å²) < 4.78 is 2.34. The summed E-state index contributed by atoms with van der Waals surface area (Å²) in [4.78, 5) is 0. The molecular formula is C21H16Br2. The van der Waals surface area contributed by atoms with E-state index in [1.807, 2.05) is 0 Å². The Morgan fingerprint density at radius 2 is 0.957 bits per heavy atom. The molecule has 0 amide bonds. The summed E-state index contributed by atoms with van der Waals surface area (Å²) in [6, 6.07) is 2.37. The van der Waals surface area contributed by atoms with E-state index in [9.17, 15) is 0 Å². The summed E-state index contributed by atoms with van der Waals surface area (Å²) in [5, 5.41) is 0. The lowest BCUT2D eigenvalue weighted by molar-refractivity contribution is 0.962. The monoisotopic (exact) mass is 426 g/mol. The van der Waals surface area contributed by atoms with Gasteiger partial charge in [0.2, 0.25) is 0 Å². The lowest BCUT2D eigenvalue weighted by Gasteiger charge is -2.23. The average Bonchev–Trinajstić information content (AvgIpc) is 3.32. The third kappa shape index (κ3) is 2.68. The second-order valence-corrected chi connectivity index (χ2v) is 7.57. The van der Waals surface area contributed by atoms with Crippen LogP contribution in [0.1, 0.15) is 34.4 Å². The third-order valence-corrected chi connectivity index (χ3v) is 6.81. The fraction of sp³-hybridized carbons (Fsp3) is 0.143. The number of hydrogen-bond acceptors (Lipinski definition) is 0. The van der Waals surface area contributed by atoms with Crippen LogP contribution in [-0.4, -0.2) is 0 Å². The molecule has 0 unspecified atom stereocenters. The van der Waals surface area contributed by atoms with Crippen LogP contribution in [0.15, 0.2) is 87.9 Å². The van der Waals surface area contributed by atoms with Crippen molar-refractivity contribution >= 4 is 31.9 Å². The molecule has 0 N–H and O–H groups in total. The topological polar surface area (TPSA) is 0 Å². The molecule has 0 radical (unpaired) electrons. The first-order valence-electron chi connectivity index (χ1n) is 7.82. The molecular weight excluding hydrogens is 412 g/mol. The van der Waals surface area contributed by atoms with Gasteiger partial charge < -0.3 is 0 Å². The molecule has 0 aliphatic heterocycles. The second kappa shape index (κ2) is 6.26. The Balaban J connectivity index is 1.92. The smallest absolute Gasteiger partial charge is 0.0364 e. The predicted octanol–water partition coefficient (Wildman–Crippen LogP) is 6.84. The van der Waals surface area contributed by atoms with E-state index in [4.69, 9.17) is 0 Å². The minimum Gasteiger partial charge on any atom is -0.0732 e. The van der Waals surface area contributed by atoms with Crippen LogP contribution in [-0.2, 0) is 0 Å². The maximum atomic E-state index is 3.88. The first kappa shape index (κ1) is 15.2. The summed E-state index contributed by atoms with van der Waals surface area (Å²) in [5.41, 5.74) is 4.06. The van der Waals surface area contributed by atoms with E-state index in [0.717, 1.165) is 4.47 Å². The van der Waals surface area contributed by atoms with Crippen LogP contribution >= 0.6 is 31.9 Å². The van der Waals surface area contributed by atoms with E-state index < -0.39 is 0 Å². The zero-order valence-corrected chi connectivity index (χ0v) is 15.7. The zero-order chi connectivity index (χ0) is 15.8. The number of allylic oxidation sites excluding steroid dienone is 12. The summed E-state index contributed by atoms with van der Waals surface area (Å²) >= 11 is 7.71. The lowest BCUT2D eigenvalue weighted by Crippen LogP contribution is -2.06. The van der Waals surface area contributed by atoms with Crippen molar-refractivity contribution in [3.8, 4) is 0 Å². The molecule has 0 nitrogen and oxygen atoms in total. The van der Waals surface area contributed by atoms with E-state index in [-0.39, 0.29) is 0 Å². The molecule has 0 bridgehead atoms. The van der Waals surface area contributed by atoms with E-state index in [2.05, 4.69) is 111 Å². The van der Waals surface area contributed by atoms with Crippen molar-refractivity contribution < 1.29 is 0 Å². The van der Waals surface area contributed by atoms with E-state index in [0.29, 0.717) is 17.8 Å². The SMILES string of the molecule is Brc1c(C2C=CC=C2)cc(C2C=CC=C2)c(C2C=CC=C2)c1Br. The minimum atomic E-state index is 0.335. The zero-order valence-electron chi connectivity index (χ0n) is 12.5. The molecule has 0 aromatic heterocycles. The molecule has 2 heteroatoms. The Kier molecular flexibility index (Phi) is 4.13. The van der Waals surface area contributed by atoms with Gasteiger partial charge in [0.15, 0.2) is 0 Å². The largest absolute Gasteiger partial charge is 0.0732 e. The van der Waals surface area contributed by atoms with Crippen molar-refractivity contribution in [2.45, 2.75) is 17.8 Å². The molecule has 1 aromatic rings. The molecule has 23 heavy (non-hydrogen) atoms. The van der Waals surface area contributed by atoms with E-state index in [1.165, 1.54) is 21.2 Å². The van der Waals surface area contributed by atoms with Gasteiger partial charge in [-0.25, -0.2) is 0 Å². The molecule has 0 spiro atoms.